The predicted molar refractivity (Wildman–Crippen MR) is 68.4 cm³/mol. The lowest BCUT2D eigenvalue weighted by Crippen LogP contribution is -2.27. The maximum absolute atomic E-state index is 5.95. The average Bonchev–Trinajstić information content (AvgIpc) is 2.98. The second-order valence-electron chi connectivity index (χ2n) is 4.43. The monoisotopic (exact) mass is 228 g/mol. The maximum atomic E-state index is 5.95. The lowest BCUT2D eigenvalue weighted by Gasteiger charge is -2.19. The maximum Gasteiger partial charge on any atom is 0.132 e. The topological polar surface area (TPSA) is 47.1 Å². The first kappa shape index (κ1) is 10.4. The molecule has 88 valence electrons. The Hall–Kier alpha value is -1.81. The Morgan fingerprint density at radius 1 is 1.18 bits per heavy atom. The van der Waals surface area contributed by atoms with Crippen molar-refractivity contribution in [2.75, 3.05) is 18.0 Å². The van der Waals surface area contributed by atoms with Gasteiger partial charge in [0.1, 0.15) is 5.82 Å². The van der Waals surface area contributed by atoms with Gasteiger partial charge in [-0.2, -0.15) is 5.10 Å². The van der Waals surface area contributed by atoms with Crippen LogP contribution in [0.15, 0.2) is 42.6 Å². The molecule has 0 bridgehead atoms. The van der Waals surface area contributed by atoms with Crippen LogP contribution in [-0.4, -0.2) is 28.9 Å². The summed E-state index contributed by atoms with van der Waals surface area (Å²) < 4.78 is 1.97. The summed E-state index contributed by atoms with van der Waals surface area (Å²) in [5, 5.41) is 4.39. The van der Waals surface area contributed by atoms with Crippen LogP contribution >= 0.6 is 0 Å². The van der Waals surface area contributed by atoms with Crippen molar-refractivity contribution in [1.82, 2.24) is 9.78 Å². The van der Waals surface area contributed by atoms with Gasteiger partial charge < -0.3 is 10.6 Å². The number of hydrogen-bond acceptors (Lipinski definition) is 3. The van der Waals surface area contributed by atoms with Crippen molar-refractivity contribution in [3.63, 3.8) is 0 Å². The molecule has 0 radical (unpaired) electrons. The summed E-state index contributed by atoms with van der Waals surface area (Å²) in [6.07, 6.45) is 2.89. The van der Waals surface area contributed by atoms with Gasteiger partial charge in [-0.15, -0.1) is 0 Å². The number of para-hydroxylation sites is 1. The molecule has 1 aliphatic heterocycles. The zero-order chi connectivity index (χ0) is 11.7. The molecule has 4 nitrogen and oxygen atoms in total. The van der Waals surface area contributed by atoms with E-state index in [1.165, 1.54) is 0 Å². The van der Waals surface area contributed by atoms with E-state index in [4.69, 9.17) is 5.73 Å². The summed E-state index contributed by atoms with van der Waals surface area (Å²) in [5.41, 5.74) is 7.04. The molecule has 0 aliphatic carbocycles. The van der Waals surface area contributed by atoms with E-state index in [-0.39, 0.29) is 6.04 Å². The van der Waals surface area contributed by atoms with Crippen LogP contribution in [0.2, 0.25) is 0 Å². The van der Waals surface area contributed by atoms with Gasteiger partial charge in [0.25, 0.3) is 0 Å². The Balaban J connectivity index is 1.95. The summed E-state index contributed by atoms with van der Waals surface area (Å²) in [6, 6.07) is 12.5. The van der Waals surface area contributed by atoms with Gasteiger partial charge in [-0.3, -0.25) is 0 Å². The van der Waals surface area contributed by atoms with Gasteiger partial charge in [0.15, 0.2) is 0 Å². The van der Waals surface area contributed by atoms with E-state index in [0.29, 0.717) is 0 Å². The van der Waals surface area contributed by atoms with Gasteiger partial charge in [0.2, 0.25) is 0 Å². The van der Waals surface area contributed by atoms with Crippen LogP contribution in [0.5, 0.6) is 0 Å². The number of nitrogens with two attached hydrogens (primary N) is 1. The lowest BCUT2D eigenvalue weighted by molar-refractivity contribution is 0.748. The third-order valence-electron chi connectivity index (χ3n) is 3.17. The van der Waals surface area contributed by atoms with Gasteiger partial charge in [0, 0.05) is 25.2 Å². The first-order valence-corrected chi connectivity index (χ1v) is 5.94. The van der Waals surface area contributed by atoms with Crippen molar-refractivity contribution < 1.29 is 0 Å². The molecule has 2 N–H and O–H groups in total. The van der Waals surface area contributed by atoms with Gasteiger partial charge in [-0.1, -0.05) is 18.2 Å². The zero-order valence-corrected chi connectivity index (χ0v) is 9.66. The van der Waals surface area contributed by atoms with Crippen LogP contribution in [0.3, 0.4) is 0 Å². The van der Waals surface area contributed by atoms with Crippen molar-refractivity contribution in [2.45, 2.75) is 12.5 Å². The quantitative estimate of drug-likeness (QED) is 0.845. The molecular formula is C13H16N4. The molecule has 0 amide bonds. The van der Waals surface area contributed by atoms with E-state index in [1.807, 2.05) is 35.1 Å². The molecule has 3 rings (SSSR count). The van der Waals surface area contributed by atoms with Gasteiger partial charge in [0.05, 0.1) is 11.9 Å². The number of aromatic nitrogens is 2. The Bertz CT molecular complexity index is 491. The molecule has 0 saturated carbocycles. The van der Waals surface area contributed by atoms with Crippen LogP contribution in [0.1, 0.15) is 6.42 Å². The molecule has 4 heteroatoms. The fourth-order valence-electron chi connectivity index (χ4n) is 2.30. The average molecular weight is 228 g/mol. The molecule has 1 unspecified atom stereocenters. The minimum Gasteiger partial charge on any atom is -0.355 e. The predicted octanol–water partition coefficient (Wildman–Crippen LogP) is 1.41. The van der Waals surface area contributed by atoms with E-state index >= 15 is 0 Å². The largest absolute Gasteiger partial charge is 0.355 e. The van der Waals surface area contributed by atoms with Gasteiger partial charge in [-0.05, 0) is 18.6 Å². The highest BCUT2D eigenvalue weighted by molar-refractivity contribution is 5.47. The molecule has 1 fully saturated rings. The van der Waals surface area contributed by atoms with Gasteiger partial charge >= 0.3 is 0 Å². The van der Waals surface area contributed by atoms with Crippen LogP contribution in [0, 0.1) is 0 Å². The number of benzene rings is 1. The summed E-state index contributed by atoms with van der Waals surface area (Å²) >= 11 is 0. The molecule has 1 aromatic carbocycles. The number of nitrogens with zero attached hydrogens (tertiary/aromatic N) is 3. The molecule has 1 aliphatic rings. The Labute approximate surface area is 101 Å². The third kappa shape index (κ3) is 1.91. The standard InChI is InChI=1S/C13H16N4/c14-11-7-9-16(10-11)13-6-8-15-17(13)12-4-2-1-3-5-12/h1-6,8,11H,7,9-10,14H2. The fraction of sp³-hybridized carbons (Fsp3) is 0.308. The van der Waals surface area contributed by atoms with Crippen molar-refractivity contribution in [3.05, 3.63) is 42.6 Å². The first-order valence-electron chi connectivity index (χ1n) is 5.94. The number of anilines is 1. The highest BCUT2D eigenvalue weighted by atomic mass is 15.4. The molecule has 1 atom stereocenters. The smallest absolute Gasteiger partial charge is 0.132 e. The van der Waals surface area contributed by atoms with Crippen molar-refractivity contribution in [1.29, 1.82) is 0 Å². The highest BCUT2D eigenvalue weighted by Gasteiger charge is 2.22. The van der Waals surface area contributed by atoms with Crippen LogP contribution in [0.4, 0.5) is 5.82 Å². The van der Waals surface area contributed by atoms with E-state index < -0.39 is 0 Å². The third-order valence-corrected chi connectivity index (χ3v) is 3.17. The second kappa shape index (κ2) is 4.22. The molecule has 0 spiro atoms. The molecule has 1 saturated heterocycles. The van der Waals surface area contributed by atoms with Crippen molar-refractivity contribution in [2.24, 2.45) is 5.73 Å². The van der Waals surface area contributed by atoms with E-state index in [2.05, 4.69) is 22.1 Å². The first-order chi connectivity index (χ1) is 8.34. The van der Waals surface area contributed by atoms with Crippen LogP contribution in [0.25, 0.3) is 5.69 Å². The SMILES string of the molecule is NC1CCN(c2ccnn2-c2ccccc2)C1. The number of rotatable bonds is 2. The Kier molecular flexibility index (Phi) is 2.57. The van der Waals surface area contributed by atoms with E-state index in [1.54, 1.807) is 0 Å². The molecular weight excluding hydrogens is 212 g/mol. The van der Waals surface area contributed by atoms with E-state index in [9.17, 15) is 0 Å². The van der Waals surface area contributed by atoms with E-state index in [0.717, 1.165) is 31.0 Å². The van der Waals surface area contributed by atoms with Crippen LogP contribution < -0.4 is 10.6 Å². The number of hydrogen-bond donors (Lipinski definition) is 1. The highest BCUT2D eigenvalue weighted by Crippen LogP contribution is 2.22. The molecule has 1 aromatic heterocycles. The second-order valence-corrected chi connectivity index (χ2v) is 4.43. The molecule has 2 aromatic rings. The van der Waals surface area contributed by atoms with Crippen molar-refractivity contribution >= 4 is 5.82 Å². The summed E-state index contributed by atoms with van der Waals surface area (Å²) in [7, 11) is 0. The van der Waals surface area contributed by atoms with Crippen molar-refractivity contribution in [3.8, 4) is 5.69 Å². The zero-order valence-electron chi connectivity index (χ0n) is 9.66. The lowest BCUT2D eigenvalue weighted by atomic mass is 10.3. The minimum absolute atomic E-state index is 0.286. The minimum atomic E-state index is 0.286. The fourth-order valence-corrected chi connectivity index (χ4v) is 2.30. The summed E-state index contributed by atoms with van der Waals surface area (Å²) in [5.74, 6) is 1.13. The molecule has 2 heterocycles. The van der Waals surface area contributed by atoms with Crippen LogP contribution in [-0.2, 0) is 0 Å². The van der Waals surface area contributed by atoms with Gasteiger partial charge in [-0.25, -0.2) is 4.68 Å². The Morgan fingerprint density at radius 2 is 2.00 bits per heavy atom. The summed E-state index contributed by atoms with van der Waals surface area (Å²) in [6.45, 7) is 1.93. The normalized spacial score (nSPS) is 19.8. The molecule has 17 heavy (non-hydrogen) atoms. The summed E-state index contributed by atoms with van der Waals surface area (Å²) in [4.78, 5) is 2.30. The Morgan fingerprint density at radius 3 is 2.71 bits per heavy atom.